The third-order valence-corrected chi connectivity index (χ3v) is 5.18. The summed E-state index contributed by atoms with van der Waals surface area (Å²) in [5.41, 5.74) is 0. The average molecular weight is 280 g/mol. The van der Waals surface area contributed by atoms with Gasteiger partial charge in [-0.25, -0.2) is 0 Å². The Balaban J connectivity index is 2.14. The first-order valence-electron chi connectivity index (χ1n) is 8.57. The molecular weight excluding hydrogens is 248 g/mol. The fraction of sp³-hybridized carbons (Fsp3) is 0.941. The summed E-state index contributed by atoms with van der Waals surface area (Å²) in [6, 6.07) is 0.463. The van der Waals surface area contributed by atoms with E-state index in [0.717, 1.165) is 18.8 Å². The minimum atomic E-state index is 0.0284. The number of nitrogens with one attached hydrogen (secondary N) is 1. The Morgan fingerprint density at radius 1 is 1.20 bits per heavy atom. The molecule has 3 heteroatoms. The standard InChI is InChI=1S/C17H32N2O/c1-6-12(5)15-17(20)19(16(18-15)11(3)4)14(7-2)10-13-8-9-13/h11-16,18H,6-10H2,1-5H3. The van der Waals surface area contributed by atoms with Gasteiger partial charge in [-0.2, -0.15) is 0 Å². The summed E-state index contributed by atoms with van der Waals surface area (Å²) in [7, 11) is 0. The molecule has 2 rings (SSSR count). The number of rotatable bonds is 7. The lowest BCUT2D eigenvalue weighted by Gasteiger charge is -2.34. The summed E-state index contributed by atoms with van der Waals surface area (Å²) in [6.45, 7) is 11.0. The maximum Gasteiger partial charge on any atom is 0.241 e. The zero-order chi connectivity index (χ0) is 14.9. The van der Waals surface area contributed by atoms with Crippen molar-refractivity contribution in [1.82, 2.24) is 10.2 Å². The van der Waals surface area contributed by atoms with Gasteiger partial charge in [0, 0.05) is 6.04 Å². The Morgan fingerprint density at radius 2 is 1.85 bits per heavy atom. The molecule has 3 nitrogen and oxygen atoms in total. The van der Waals surface area contributed by atoms with Crippen LogP contribution in [0.4, 0.5) is 0 Å². The quantitative estimate of drug-likeness (QED) is 0.775. The third-order valence-electron chi connectivity index (χ3n) is 5.18. The van der Waals surface area contributed by atoms with Gasteiger partial charge in [-0.05, 0) is 30.6 Å². The lowest BCUT2D eigenvalue weighted by atomic mass is 9.98. The van der Waals surface area contributed by atoms with Crippen molar-refractivity contribution in [2.24, 2.45) is 17.8 Å². The summed E-state index contributed by atoms with van der Waals surface area (Å²) in [5, 5.41) is 3.63. The number of nitrogens with zero attached hydrogens (tertiary/aromatic N) is 1. The van der Waals surface area contributed by atoms with Gasteiger partial charge in [0.25, 0.3) is 0 Å². The monoisotopic (exact) mass is 280 g/mol. The van der Waals surface area contributed by atoms with E-state index in [9.17, 15) is 4.79 Å². The molecule has 1 aliphatic carbocycles. The Hall–Kier alpha value is -0.570. The molecule has 1 N–H and O–H groups in total. The van der Waals surface area contributed by atoms with Crippen molar-refractivity contribution in [2.45, 2.75) is 85.0 Å². The molecule has 116 valence electrons. The first-order valence-corrected chi connectivity index (χ1v) is 8.57. The molecule has 0 aromatic rings. The van der Waals surface area contributed by atoms with Gasteiger partial charge in [-0.3, -0.25) is 10.1 Å². The molecule has 0 radical (unpaired) electrons. The van der Waals surface area contributed by atoms with E-state index in [1.54, 1.807) is 0 Å². The van der Waals surface area contributed by atoms with Crippen LogP contribution in [0, 0.1) is 17.8 Å². The number of hydrogen-bond donors (Lipinski definition) is 1. The lowest BCUT2D eigenvalue weighted by molar-refractivity contribution is -0.134. The molecule has 2 fully saturated rings. The van der Waals surface area contributed by atoms with Crippen LogP contribution in [0.15, 0.2) is 0 Å². The minimum absolute atomic E-state index is 0.0284. The van der Waals surface area contributed by atoms with Crippen molar-refractivity contribution in [3.63, 3.8) is 0 Å². The second-order valence-electron chi connectivity index (χ2n) is 7.21. The average Bonchev–Trinajstić information content (AvgIpc) is 3.17. The Morgan fingerprint density at radius 3 is 2.30 bits per heavy atom. The molecule has 0 aromatic carbocycles. The lowest BCUT2D eigenvalue weighted by Crippen LogP contribution is -2.47. The van der Waals surface area contributed by atoms with Crippen molar-refractivity contribution < 1.29 is 4.79 Å². The van der Waals surface area contributed by atoms with Crippen molar-refractivity contribution in [1.29, 1.82) is 0 Å². The van der Waals surface area contributed by atoms with Crippen LogP contribution >= 0.6 is 0 Å². The third kappa shape index (κ3) is 3.19. The molecule has 0 aromatic heterocycles. The van der Waals surface area contributed by atoms with Gasteiger partial charge >= 0.3 is 0 Å². The Bertz CT molecular complexity index is 338. The summed E-state index contributed by atoms with van der Waals surface area (Å²) in [4.78, 5) is 15.1. The van der Waals surface area contributed by atoms with Crippen molar-refractivity contribution in [3.05, 3.63) is 0 Å². The van der Waals surface area contributed by atoms with Gasteiger partial charge in [0.15, 0.2) is 0 Å². The van der Waals surface area contributed by atoms with Gasteiger partial charge in [0.05, 0.1) is 12.2 Å². The van der Waals surface area contributed by atoms with E-state index >= 15 is 0 Å². The van der Waals surface area contributed by atoms with Crippen LogP contribution in [-0.2, 0) is 4.79 Å². The van der Waals surface area contributed by atoms with Crippen LogP contribution in [0.5, 0.6) is 0 Å². The van der Waals surface area contributed by atoms with Crippen LogP contribution in [-0.4, -0.2) is 29.1 Å². The number of amides is 1. The molecule has 1 heterocycles. The van der Waals surface area contributed by atoms with Crippen molar-refractivity contribution in [2.75, 3.05) is 0 Å². The minimum Gasteiger partial charge on any atom is -0.323 e. The highest BCUT2D eigenvalue weighted by Gasteiger charge is 2.45. The Kier molecular flexibility index (Phi) is 5.11. The van der Waals surface area contributed by atoms with E-state index in [1.165, 1.54) is 19.3 Å². The fourth-order valence-electron chi connectivity index (χ4n) is 3.41. The zero-order valence-corrected chi connectivity index (χ0v) is 13.9. The molecule has 0 spiro atoms. The largest absolute Gasteiger partial charge is 0.323 e. The number of hydrogen-bond acceptors (Lipinski definition) is 2. The molecule has 20 heavy (non-hydrogen) atoms. The molecule has 1 saturated heterocycles. The summed E-state index contributed by atoms with van der Waals surface area (Å²) in [6.07, 6.45) is 6.31. The van der Waals surface area contributed by atoms with E-state index in [4.69, 9.17) is 0 Å². The summed E-state index contributed by atoms with van der Waals surface area (Å²) < 4.78 is 0. The van der Waals surface area contributed by atoms with Crippen LogP contribution in [0.25, 0.3) is 0 Å². The molecule has 1 aliphatic heterocycles. The number of carbonyl (C=O) groups excluding carboxylic acids is 1. The van der Waals surface area contributed by atoms with E-state index < -0.39 is 0 Å². The highest BCUT2D eigenvalue weighted by atomic mass is 16.2. The van der Waals surface area contributed by atoms with Crippen LogP contribution < -0.4 is 5.32 Å². The van der Waals surface area contributed by atoms with E-state index in [0.29, 0.717) is 23.8 Å². The zero-order valence-electron chi connectivity index (χ0n) is 13.9. The molecule has 1 amide bonds. The smallest absolute Gasteiger partial charge is 0.241 e. The highest BCUT2D eigenvalue weighted by Crippen LogP contribution is 2.37. The maximum atomic E-state index is 12.9. The molecule has 1 saturated carbocycles. The highest BCUT2D eigenvalue weighted by molar-refractivity contribution is 5.85. The Labute approximate surface area is 124 Å². The van der Waals surface area contributed by atoms with E-state index in [-0.39, 0.29) is 12.2 Å². The van der Waals surface area contributed by atoms with Crippen molar-refractivity contribution in [3.8, 4) is 0 Å². The molecular formula is C17H32N2O. The molecule has 0 bridgehead atoms. The van der Waals surface area contributed by atoms with E-state index in [1.807, 2.05) is 0 Å². The summed E-state index contributed by atoms with van der Waals surface area (Å²) >= 11 is 0. The number of carbonyl (C=O) groups is 1. The van der Waals surface area contributed by atoms with Crippen molar-refractivity contribution >= 4 is 5.91 Å². The van der Waals surface area contributed by atoms with E-state index in [2.05, 4.69) is 44.8 Å². The van der Waals surface area contributed by atoms with Gasteiger partial charge in [0.1, 0.15) is 0 Å². The van der Waals surface area contributed by atoms with Gasteiger partial charge in [-0.15, -0.1) is 0 Å². The normalized spacial score (nSPS) is 30.1. The second-order valence-corrected chi connectivity index (χ2v) is 7.21. The maximum absolute atomic E-state index is 12.9. The van der Waals surface area contributed by atoms with Gasteiger partial charge in [0.2, 0.25) is 5.91 Å². The first kappa shape index (κ1) is 15.8. The molecule has 4 atom stereocenters. The molecule has 4 unspecified atom stereocenters. The SMILES string of the molecule is CCC(C)C1NC(C(C)C)N(C(CC)CC2CC2)C1=O. The van der Waals surface area contributed by atoms with Crippen LogP contribution in [0.2, 0.25) is 0 Å². The van der Waals surface area contributed by atoms with Gasteiger partial charge in [-0.1, -0.05) is 53.9 Å². The predicted octanol–water partition coefficient (Wildman–Crippen LogP) is 3.39. The summed E-state index contributed by atoms with van der Waals surface area (Å²) in [5.74, 6) is 2.13. The van der Waals surface area contributed by atoms with Gasteiger partial charge < -0.3 is 4.90 Å². The predicted molar refractivity (Wildman–Crippen MR) is 83.3 cm³/mol. The second kappa shape index (κ2) is 6.46. The first-order chi connectivity index (χ1) is 9.49. The fourth-order valence-corrected chi connectivity index (χ4v) is 3.41. The van der Waals surface area contributed by atoms with Crippen LogP contribution in [0.3, 0.4) is 0 Å². The topological polar surface area (TPSA) is 32.3 Å². The van der Waals surface area contributed by atoms with Crippen LogP contribution in [0.1, 0.15) is 66.7 Å². The molecule has 2 aliphatic rings.